The van der Waals surface area contributed by atoms with Gasteiger partial charge in [-0.2, -0.15) is 0 Å². The Morgan fingerprint density at radius 3 is 2.27 bits per heavy atom. The van der Waals surface area contributed by atoms with Crippen molar-refractivity contribution < 1.29 is 5.11 Å². The molecule has 11 heavy (non-hydrogen) atoms. The summed E-state index contributed by atoms with van der Waals surface area (Å²) in [6, 6.07) is 0. The van der Waals surface area contributed by atoms with Gasteiger partial charge in [0.2, 0.25) is 0 Å². The molecule has 0 atom stereocenters. The molecule has 0 aromatic carbocycles. The van der Waals surface area contributed by atoms with Crippen LogP contribution in [0.2, 0.25) is 0 Å². The van der Waals surface area contributed by atoms with E-state index in [1.807, 2.05) is 0 Å². The fraction of sp³-hybridized carbons (Fsp3) is 1.00. The molecular formula is C10H20O. The van der Waals surface area contributed by atoms with Gasteiger partial charge in [0.25, 0.3) is 0 Å². The summed E-state index contributed by atoms with van der Waals surface area (Å²) in [6.45, 7) is 6.77. The van der Waals surface area contributed by atoms with Gasteiger partial charge in [-0.3, -0.25) is 0 Å². The summed E-state index contributed by atoms with van der Waals surface area (Å²) in [5.41, 5.74) is 0.185. The highest BCUT2D eigenvalue weighted by atomic mass is 16.3. The molecule has 0 unspecified atom stereocenters. The molecule has 1 N–H and O–H groups in total. The van der Waals surface area contributed by atoms with Gasteiger partial charge < -0.3 is 5.11 Å². The summed E-state index contributed by atoms with van der Waals surface area (Å²) in [5.74, 6) is 0. The van der Waals surface area contributed by atoms with Gasteiger partial charge in [0.05, 0.1) is 5.60 Å². The summed E-state index contributed by atoms with van der Waals surface area (Å²) < 4.78 is 0. The molecule has 0 saturated heterocycles. The first-order valence-corrected chi connectivity index (χ1v) is 4.70. The third-order valence-electron chi connectivity index (χ3n) is 3.05. The van der Waals surface area contributed by atoms with Gasteiger partial charge in [0, 0.05) is 0 Å². The second-order valence-corrected chi connectivity index (χ2v) is 4.74. The summed E-state index contributed by atoms with van der Waals surface area (Å²) in [4.78, 5) is 0. The minimum atomic E-state index is -0.244. The Labute approximate surface area is 69.8 Å². The van der Waals surface area contributed by atoms with Crippen molar-refractivity contribution in [2.45, 2.75) is 58.5 Å². The van der Waals surface area contributed by atoms with Crippen LogP contribution in [0.3, 0.4) is 0 Å². The number of aliphatic hydroxyl groups is 1. The number of hydrogen-bond acceptors (Lipinski definition) is 1. The van der Waals surface area contributed by atoms with Crippen molar-refractivity contribution in [1.82, 2.24) is 0 Å². The molecule has 0 aliphatic heterocycles. The maximum Gasteiger partial charge on any atom is 0.0650 e. The zero-order chi connectivity index (χ0) is 8.54. The fourth-order valence-electron chi connectivity index (χ4n) is 1.14. The Balaban J connectivity index is 2.20. The first-order valence-electron chi connectivity index (χ1n) is 4.70. The molecule has 1 rings (SSSR count). The average Bonchev–Trinajstić information content (AvgIpc) is 2.66. The monoisotopic (exact) mass is 156 g/mol. The number of hydrogen-bond donors (Lipinski definition) is 1. The minimum Gasteiger partial charge on any atom is -0.390 e. The molecule has 1 nitrogen and oxygen atoms in total. The van der Waals surface area contributed by atoms with Crippen molar-refractivity contribution in [2.24, 2.45) is 5.41 Å². The molecular weight excluding hydrogens is 136 g/mol. The first kappa shape index (κ1) is 9.05. The van der Waals surface area contributed by atoms with Gasteiger partial charge in [-0.05, 0) is 31.1 Å². The molecule has 1 aliphatic rings. The molecule has 0 aromatic heterocycles. The maximum atomic E-state index is 9.59. The topological polar surface area (TPSA) is 20.2 Å². The lowest BCUT2D eigenvalue weighted by molar-refractivity contribution is 0.118. The molecule has 0 radical (unpaired) electrons. The minimum absolute atomic E-state index is 0.244. The standard InChI is InChI=1S/C10H20O/c1-4-9(2,3)5-6-10(11)7-8-10/h11H,4-8H2,1-3H3. The van der Waals surface area contributed by atoms with Gasteiger partial charge in [0.1, 0.15) is 0 Å². The highest BCUT2D eigenvalue weighted by Gasteiger charge is 2.40. The molecule has 1 heteroatoms. The molecule has 1 aliphatic carbocycles. The van der Waals surface area contributed by atoms with Crippen LogP contribution in [0.4, 0.5) is 0 Å². The third kappa shape index (κ3) is 2.82. The van der Waals surface area contributed by atoms with Crippen LogP contribution < -0.4 is 0 Å². The second kappa shape index (κ2) is 2.78. The van der Waals surface area contributed by atoms with Crippen LogP contribution in [0.1, 0.15) is 52.9 Å². The van der Waals surface area contributed by atoms with Crippen molar-refractivity contribution >= 4 is 0 Å². The van der Waals surface area contributed by atoms with Crippen LogP contribution >= 0.6 is 0 Å². The van der Waals surface area contributed by atoms with E-state index in [2.05, 4.69) is 20.8 Å². The van der Waals surface area contributed by atoms with E-state index >= 15 is 0 Å². The first-order chi connectivity index (χ1) is 4.97. The zero-order valence-electron chi connectivity index (χ0n) is 7.98. The van der Waals surface area contributed by atoms with E-state index in [0.717, 1.165) is 19.3 Å². The van der Waals surface area contributed by atoms with E-state index in [4.69, 9.17) is 0 Å². The highest BCUT2D eigenvalue weighted by Crippen LogP contribution is 2.42. The van der Waals surface area contributed by atoms with Crippen molar-refractivity contribution in [3.05, 3.63) is 0 Å². The normalized spacial score (nSPS) is 21.8. The van der Waals surface area contributed by atoms with Crippen LogP contribution in [0.15, 0.2) is 0 Å². The molecule has 0 heterocycles. The second-order valence-electron chi connectivity index (χ2n) is 4.74. The van der Waals surface area contributed by atoms with E-state index in [9.17, 15) is 5.11 Å². The zero-order valence-corrected chi connectivity index (χ0v) is 7.98. The van der Waals surface area contributed by atoms with Gasteiger partial charge in [-0.1, -0.05) is 27.2 Å². The van der Waals surface area contributed by atoms with Crippen molar-refractivity contribution in [3.63, 3.8) is 0 Å². The van der Waals surface area contributed by atoms with Crippen LogP contribution in [0.25, 0.3) is 0 Å². The van der Waals surface area contributed by atoms with E-state index in [1.54, 1.807) is 0 Å². The summed E-state index contributed by atoms with van der Waals surface area (Å²) in [6.07, 6.45) is 5.45. The summed E-state index contributed by atoms with van der Waals surface area (Å²) in [5, 5.41) is 9.59. The Hall–Kier alpha value is -0.0400. The third-order valence-corrected chi connectivity index (χ3v) is 3.05. The largest absolute Gasteiger partial charge is 0.390 e. The molecule has 66 valence electrons. The molecule has 0 spiro atoms. The summed E-state index contributed by atoms with van der Waals surface area (Å²) >= 11 is 0. The lowest BCUT2D eigenvalue weighted by Crippen LogP contribution is -2.15. The van der Waals surface area contributed by atoms with E-state index in [1.165, 1.54) is 12.8 Å². The smallest absolute Gasteiger partial charge is 0.0650 e. The average molecular weight is 156 g/mol. The Morgan fingerprint density at radius 1 is 1.36 bits per heavy atom. The molecule has 0 aromatic rings. The van der Waals surface area contributed by atoms with Crippen LogP contribution in [0.5, 0.6) is 0 Å². The van der Waals surface area contributed by atoms with E-state index < -0.39 is 0 Å². The quantitative estimate of drug-likeness (QED) is 0.663. The van der Waals surface area contributed by atoms with Gasteiger partial charge in [-0.15, -0.1) is 0 Å². The van der Waals surface area contributed by atoms with Gasteiger partial charge in [0.15, 0.2) is 0 Å². The maximum absolute atomic E-state index is 9.59. The summed E-state index contributed by atoms with van der Waals surface area (Å²) in [7, 11) is 0. The Morgan fingerprint density at radius 2 is 1.91 bits per heavy atom. The Kier molecular flexibility index (Phi) is 2.29. The van der Waals surface area contributed by atoms with E-state index in [0.29, 0.717) is 5.41 Å². The van der Waals surface area contributed by atoms with Crippen molar-refractivity contribution in [1.29, 1.82) is 0 Å². The van der Waals surface area contributed by atoms with Crippen LogP contribution in [-0.2, 0) is 0 Å². The lowest BCUT2D eigenvalue weighted by atomic mass is 9.84. The fourth-order valence-corrected chi connectivity index (χ4v) is 1.14. The predicted octanol–water partition coefficient (Wildman–Crippen LogP) is 2.73. The number of rotatable bonds is 4. The van der Waals surface area contributed by atoms with Crippen molar-refractivity contribution in [3.8, 4) is 0 Å². The van der Waals surface area contributed by atoms with Gasteiger partial charge in [-0.25, -0.2) is 0 Å². The van der Waals surface area contributed by atoms with E-state index in [-0.39, 0.29) is 5.60 Å². The van der Waals surface area contributed by atoms with Crippen LogP contribution in [0, 0.1) is 5.41 Å². The SMILES string of the molecule is CCC(C)(C)CCC1(O)CC1. The molecule has 1 saturated carbocycles. The molecule has 0 bridgehead atoms. The lowest BCUT2D eigenvalue weighted by Gasteiger charge is -2.23. The Bertz CT molecular complexity index is 134. The van der Waals surface area contributed by atoms with Gasteiger partial charge >= 0.3 is 0 Å². The highest BCUT2D eigenvalue weighted by molar-refractivity contribution is 4.94. The molecule has 0 amide bonds. The molecule has 1 fully saturated rings. The van der Waals surface area contributed by atoms with Crippen LogP contribution in [-0.4, -0.2) is 10.7 Å². The van der Waals surface area contributed by atoms with Crippen molar-refractivity contribution in [2.75, 3.05) is 0 Å². The predicted molar refractivity (Wildman–Crippen MR) is 47.5 cm³/mol.